The zero-order valence-corrected chi connectivity index (χ0v) is 11.7. The number of ether oxygens (including phenoxy) is 1. The first-order chi connectivity index (χ1) is 10.2. The summed E-state index contributed by atoms with van der Waals surface area (Å²) in [6, 6.07) is 17.6. The molecule has 0 radical (unpaired) electrons. The molecule has 1 aliphatic carbocycles. The number of allylic oxidation sites excluding steroid dienone is 2. The van der Waals surface area contributed by atoms with Crippen LogP contribution in [0.25, 0.3) is 11.1 Å². The van der Waals surface area contributed by atoms with Gasteiger partial charge in [-0.25, -0.2) is 4.79 Å². The van der Waals surface area contributed by atoms with Crippen molar-refractivity contribution in [2.45, 2.75) is 5.92 Å². The maximum absolute atomic E-state index is 11.1. The molecule has 0 unspecified atom stereocenters. The summed E-state index contributed by atoms with van der Waals surface area (Å²) in [5.41, 5.74) is 3.20. The number of carbonyl (C=O) groups is 1. The zero-order valence-electron chi connectivity index (χ0n) is 10.9. The van der Waals surface area contributed by atoms with E-state index in [1.54, 1.807) is 0 Å². The Morgan fingerprint density at radius 2 is 1.62 bits per heavy atom. The molecule has 3 nitrogen and oxygen atoms in total. The number of halogens is 1. The molecule has 0 amide bonds. The molecule has 0 atom stereocenters. The first kappa shape index (κ1) is 13.4. The predicted molar refractivity (Wildman–Crippen MR) is 79.8 cm³/mol. The molecule has 102 valence electrons. The normalized spacial score (nSPS) is 13.2. The SMILES string of the molecule is N#CC=C(OC(=O)Cl)C1c2ccccc2-c2ccccc21. The number of nitriles is 1. The van der Waals surface area contributed by atoms with E-state index in [0.29, 0.717) is 0 Å². The van der Waals surface area contributed by atoms with Crippen LogP contribution in [0.15, 0.2) is 60.4 Å². The summed E-state index contributed by atoms with van der Waals surface area (Å²) in [4.78, 5) is 11.1. The van der Waals surface area contributed by atoms with E-state index in [9.17, 15) is 4.79 Å². The first-order valence-electron chi connectivity index (χ1n) is 6.37. The molecule has 1 aliphatic rings. The lowest BCUT2D eigenvalue weighted by molar-refractivity contribution is 0.199. The number of fused-ring (bicyclic) bond motifs is 3. The molecule has 0 saturated heterocycles. The second kappa shape index (κ2) is 5.43. The molecule has 2 aromatic carbocycles. The van der Waals surface area contributed by atoms with Crippen molar-refractivity contribution in [1.82, 2.24) is 0 Å². The van der Waals surface area contributed by atoms with Crippen LogP contribution in [-0.2, 0) is 4.74 Å². The van der Waals surface area contributed by atoms with Gasteiger partial charge in [0, 0.05) is 11.6 Å². The summed E-state index contributed by atoms with van der Waals surface area (Å²) in [5.74, 6) is -0.0466. The quantitative estimate of drug-likeness (QED) is 0.463. The van der Waals surface area contributed by atoms with Gasteiger partial charge in [-0.3, -0.25) is 0 Å². The Kier molecular flexibility index (Phi) is 3.47. The molecule has 0 spiro atoms. The highest BCUT2D eigenvalue weighted by Gasteiger charge is 2.32. The van der Waals surface area contributed by atoms with Crippen LogP contribution in [0.5, 0.6) is 0 Å². The van der Waals surface area contributed by atoms with E-state index in [1.165, 1.54) is 6.08 Å². The summed E-state index contributed by atoms with van der Waals surface area (Å²) >= 11 is 5.33. The van der Waals surface area contributed by atoms with Crippen molar-refractivity contribution >= 4 is 17.0 Å². The van der Waals surface area contributed by atoms with Gasteiger partial charge < -0.3 is 4.74 Å². The van der Waals surface area contributed by atoms with E-state index in [-0.39, 0.29) is 11.7 Å². The summed E-state index contributed by atoms with van der Waals surface area (Å²) < 4.78 is 5.05. The largest absolute Gasteiger partial charge is 0.417 e. The van der Waals surface area contributed by atoms with Crippen LogP contribution in [0, 0.1) is 11.3 Å². The molecular formula is C17H10ClNO2. The van der Waals surface area contributed by atoms with Crippen molar-refractivity contribution in [2.75, 3.05) is 0 Å². The van der Waals surface area contributed by atoms with Crippen molar-refractivity contribution in [2.24, 2.45) is 0 Å². The molecule has 0 N–H and O–H groups in total. The Balaban J connectivity index is 2.20. The monoisotopic (exact) mass is 295 g/mol. The predicted octanol–water partition coefficient (Wildman–Crippen LogP) is 4.58. The third kappa shape index (κ3) is 2.31. The van der Waals surface area contributed by atoms with Gasteiger partial charge in [-0.2, -0.15) is 5.26 Å². The van der Waals surface area contributed by atoms with Gasteiger partial charge in [0.05, 0.1) is 18.1 Å². The number of hydrogen-bond donors (Lipinski definition) is 0. The molecule has 0 aliphatic heterocycles. The fourth-order valence-corrected chi connectivity index (χ4v) is 2.88. The van der Waals surface area contributed by atoms with Crippen LogP contribution in [0.3, 0.4) is 0 Å². The average Bonchev–Trinajstić information content (AvgIpc) is 2.81. The molecule has 0 aromatic heterocycles. The Bertz CT molecular complexity index is 744. The number of hydrogen-bond acceptors (Lipinski definition) is 3. The molecule has 0 bridgehead atoms. The van der Waals surface area contributed by atoms with Gasteiger partial charge in [0.1, 0.15) is 5.76 Å². The minimum atomic E-state index is -0.946. The van der Waals surface area contributed by atoms with Crippen LogP contribution in [-0.4, -0.2) is 5.43 Å². The smallest absolute Gasteiger partial charge is 0.408 e. The summed E-state index contributed by atoms with van der Waals surface area (Å²) in [5, 5.41) is 8.95. The molecular weight excluding hydrogens is 286 g/mol. The molecule has 0 heterocycles. The Morgan fingerprint density at radius 1 is 1.10 bits per heavy atom. The van der Waals surface area contributed by atoms with Crippen LogP contribution in [0.2, 0.25) is 0 Å². The summed E-state index contributed by atoms with van der Waals surface area (Å²) in [6.45, 7) is 0. The van der Waals surface area contributed by atoms with Gasteiger partial charge in [0.15, 0.2) is 0 Å². The third-order valence-corrected chi connectivity index (χ3v) is 3.60. The number of carbonyl (C=O) groups excluding carboxylic acids is 1. The van der Waals surface area contributed by atoms with Gasteiger partial charge in [0.25, 0.3) is 0 Å². The summed E-state index contributed by atoms with van der Waals surface area (Å²) in [7, 11) is 0. The van der Waals surface area contributed by atoms with Crippen molar-refractivity contribution in [3.63, 3.8) is 0 Å². The van der Waals surface area contributed by atoms with Crippen molar-refractivity contribution < 1.29 is 9.53 Å². The number of benzene rings is 2. The first-order valence-corrected chi connectivity index (χ1v) is 6.75. The van der Waals surface area contributed by atoms with Gasteiger partial charge in [-0.1, -0.05) is 48.5 Å². The average molecular weight is 296 g/mol. The number of rotatable bonds is 2. The van der Waals surface area contributed by atoms with Crippen molar-refractivity contribution in [1.29, 1.82) is 5.26 Å². The maximum Gasteiger partial charge on any atom is 0.408 e. The zero-order chi connectivity index (χ0) is 14.8. The highest BCUT2D eigenvalue weighted by molar-refractivity contribution is 6.61. The highest BCUT2D eigenvalue weighted by atomic mass is 35.5. The number of nitrogens with zero attached hydrogens (tertiary/aromatic N) is 1. The fraction of sp³-hybridized carbons (Fsp3) is 0.0588. The van der Waals surface area contributed by atoms with Gasteiger partial charge in [0.2, 0.25) is 0 Å². The lowest BCUT2D eigenvalue weighted by Gasteiger charge is -2.15. The van der Waals surface area contributed by atoms with Crippen molar-refractivity contribution in [3.8, 4) is 17.2 Å². The van der Waals surface area contributed by atoms with E-state index >= 15 is 0 Å². The second-order valence-corrected chi connectivity index (χ2v) is 4.93. The minimum absolute atomic E-state index is 0.245. The molecule has 0 fully saturated rings. The van der Waals surface area contributed by atoms with E-state index < -0.39 is 5.43 Å². The van der Waals surface area contributed by atoms with E-state index in [1.807, 2.05) is 54.6 Å². The van der Waals surface area contributed by atoms with Crippen LogP contribution in [0.1, 0.15) is 17.0 Å². The lowest BCUT2D eigenvalue weighted by atomic mass is 9.94. The van der Waals surface area contributed by atoms with Gasteiger partial charge >= 0.3 is 5.43 Å². The van der Waals surface area contributed by atoms with Crippen LogP contribution >= 0.6 is 11.6 Å². The lowest BCUT2D eigenvalue weighted by Crippen LogP contribution is -2.06. The Morgan fingerprint density at radius 3 is 2.10 bits per heavy atom. The van der Waals surface area contributed by atoms with Crippen LogP contribution < -0.4 is 0 Å². The van der Waals surface area contributed by atoms with Gasteiger partial charge in [-0.05, 0) is 22.3 Å². The van der Waals surface area contributed by atoms with E-state index in [2.05, 4.69) is 0 Å². The van der Waals surface area contributed by atoms with E-state index in [4.69, 9.17) is 21.6 Å². The van der Waals surface area contributed by atoms with Crippen LogP contribution in [0.4, 0.5) is 4.79 Å². The topological polar surface area (TPSA) is 50.1 Å². The van der Waals surface area contributed by atoms with Crippen molar-refractivity contribution in [3.05, 3.63) is 71.5 Å². The molecule has 0 saturated carbocycles. The Labute approximate surface area is 127 Å². The maximum atomic E-state index is 11.1. The fourth-order valence-electron chi connectivity index (χ4n) is 2.79. The highest BCUT2D eigenvalue weighted by Crippen LogP contribution is 2.48. The molecule has 3 rings (SSSR count). The third-order valence-electron chi connectivity index (χ3n) is 3.52. The second-order valence-electron chi connectivity index (χ2n) is 4.62. The Hall–Kier alpha value is -2.57. The standard InChI is InChI=1S/C17H10ClNO2/c18-17(20)21-15(9-10-19)16-13-7-3-1-5-11(13)12-6-2-4-8-14(12)16/h1-9,16H. The molecule has 2 aromatic rings. The molecule has 21 heavy (non-hydrogen) atoms. The molecule has 4 heteroatoms. The van der Waals surface area contributed by atoms with E-state index in [0.717, 1.165) is 22.3 Å². The van der Waals surface area contributed by atoms with Gasteiger partial charge in [-0.15, -0.1) is 0 Å². The summed E-state index contributed by atoms with van der Waals surface area (Å²) in [6.07, 6.45) is 1.23. The minimum Gasteiger partial charge on any atom is -0.417 e.